The SMILES string of the molecule is CC(C)(C)NC(N)=NC[C@H]1CC[C@@H](c2nc(C3CC3)no2)O1.I. The Bertz CT molecular complexity index is 550. The Morgan fingerprint density at radius 2 is 2.04 bits per heavy atom. The van der Waals surface area contributed by atoms with E-state index in [4.69, 9.17) is 15.0 Å². The largest absolute Gasteiger partial charge is 0.370 e. The lowest BCUT2D eigenvalue weighted by atomic mass is 10.1. The molecule has 1 aliphatic heterocycles. The average Bonchev–Trinajstić information content (AvgIpc) is 2.98. The van der Waals surface area contributed by atoms with Gasteiger partial charge in [-0.1, -0.05) is 5.16 Å². The van der Waals surface area contributed by atoms with Gasteiger partial charge in [0.15, 0.2) is 11.8 Å². The Balaban J connectivity index is 0.00000192. The normalized spacial score (nSPS) is 25.3. The molecule has 3 rings (SSSR count). The molecule has 0 aromatic carbocycles. The van der Waals surface area contributed by atoms with E-state index in [-0.39, 0.29) is 41.7 Å². The smallest absolute Gasteiger partial charge is 0.255 e. The molecule has 2 fully saturated rings. The van der Waals surface area contributed by atoms with Crippen LogP contribution in [0.15, 0.2) is 9.52 Å². The summed E-state index contributed by atoms with van der Waals surface area (Å²) in [6, 6.07) is 0. The van der Waals surface area contributed by atoms with Crippen molar-refractivity contribution in [1.29, 1.82) is 0 Å². The first kappa shape index (κ1) is 18.4. The van der Waals surface area contributed by atoms with E-state index >= 15 is 0 Å². The van der Waals surface area contributed by atoms with E-state index in [1.807, 2.05) is 20.8 Å². The minimum Gasteiger partial charge on any atom is -0.370 e. The van der Waals surface area contributed by atoms with Gasteiger partial charge in [-0.2, -0.15) is 4.98 Å². The van der Waals surface area contributed by atoms with E-state index < -0.39 is 0 Å². The van der Waals surface area contributed by atoms with E-state index in [9.17, 15) is 0 Å². The summed E-state index contributed by atoms with van der Waals surface area (Å²) >= 11 is 0. The van der Waals surface area contributed by atoms with Crippen molar-refractivity contribution in [2.24, 2.45) is 10.7 Å². The second-order valence-electron chi connectivity index (χ2n) is 7.19. The number of halogens is 1. The molecule has 1 aromatic heterocycles. The quantitative estimate of drug-likeness (QED) is 0.429. The molecule has 0 bridgehead atoms. The van der Waals surface area contributed by atoms with E-state index in [1.165, 1.54) is 12.8 Å². The highest BCUT2D eigenvalue weighted by Crippen LogP contribution is 2.39. The molecule has 8 heteroatoms. The minimum atomic E-state index is -0.100. The van der Waals surface area contributed by atoms with Gasteiger partial charge in [0.2, 0.25) is 0 Å². The van der Waals surface area contributed by atoms with Gasteiger partial charge in [0.25, 0.3) is 5.89 Å². The number of nitrogens with one attached hydrogen (secondary N) is 1. The lowest BCUT2D eigenvalue weighted by Gasteiger charge is -2.21. The van der Waals surface area contributed by atoms with E-state index in [0.29, 0.717) is 24.3 Å². The van der Waals surface area contributed by atoms with Crippen molar-refractivity contribution >= 4 is 29.9 Å². The van der Waals surface area contributed by atoms with E-state index in [0.717, 1.165) is 18.7 Å². The van der Waals surface area contributed by atoms with Gasteiger partial charge < -0.3 is 20.3 Å². The van der Waals surface area contributed by atoms with Crippen LogP contribution in [0.3, 0.4) is 0 Å². The number of nitrogens with two attached hydrogens (primary N) is 1. The molecule has 23 heavy (non-hydrogen) atoms. The van der Waals surface area contributed by atoms with Gasteiger partial charge in [-0.15, -0.1) is 24.0 Å². The van der Waals surface area contributed by atoms with Gasteiger partial charge in [-0.05, 0) is 46.5 Å². The van der Waals surface area contributed by atoms with Crippen molar-refractivity contribution in [2.45, 2.75) is 70.1 Å². The fourth-order valence-corrected chi connectivity index (χ4v) is 2.53. The van der Waals surface area contributed by atoms with Gasteiger partial charge in [0.05, 0.1) is 12.6 Å². The predicted octanol–water partition coefficient (Wildman–Crippen LogP) is 2.49. The second-order valence-corrected chi connectivity index (χ2v) is 7.19. The fraction of sp³-hybridized carbons (Fsp3) is 0.800. The maximum absolute atomic E-state index is 5.95. The molecular formula is C15H26IN5O2. The van der Waals surface area contributed by atoms with Crippen LogP contribution in [0.4, 0.5) is 0 Å². The monoisotopic (exact) mass is 435 g/mol. The molecule has 2 heterocycles. The lowest BCUT2D eigenvalue weighted by molar-refractivity contribution is 0.0309. The molecule has 7 nitrogen and oxygen atoms in total. The number of nitrogens with zero attached hydrogens (tertiary/aromatic N) is 3. The first-order valence-corrected chi connectivity index (χ1v) is 7.98. The third kappa shape index (κ3) is 5.30. The molecule has 130 valence electrons. The Morgan fingerprint density at radius 3 is 2.70 bits per heavy atom. The van der Waals surface area contributed by atoms with Crippen LogP contribution in [0.1, 0.15) is 70.2 Å². The lowest BCUT2D eigenvalue weighted by Crippen LogP contribution is -2.45. The zero-order chi connectivity index (χ0) is 15.7. The number of rotatable bonds is 4. The third-order valence-electron chi connectivity index (χ3n) is 3.75. The zero-order valence-electron chi connectivity index (χ0n) is 13.9. The highest BCUT2D eigenvalue weighted by atomic mass is 127. The van der Waals surface area contributed by atoms with Crippen LogP contribution in [0.5, 0.6) is 0 Å². The van der Waals surface area contributed by atoms with Crippen LogP contribution < -0.4 is 11.1 Å². The Kier molecular flexibility index (Phi) is 5.88. The molecule has 2 atom stereocenters. The van der Waals surface area contributed by atoms with Crippen molar-refractivity contribution in [3.05, 3.63) is 11.7 Å². The summed E-state index contributed by atoms with van der Waals surface area (Å²) in [7, 11) is 0. The van der Waals surface area contributed by atoms with E-state index in [2.05, 4.69) is 20.4 Å². The predicted molar refractivity (Wildman–Crippen MR) is 97.9 cm³/mol. The fourth-order valence-electron chi connectivity index (χ4n) is 2.53. The van der Waals surface area contributed by atoms with Crippen molar-refractivity contribution in [3.63, 3.8) is 0 Å². The first-order valence-electron chi connectivity index (χ1n) is 7.98. The molecule has 1 saturated heterocycles. The van der Waals surface area contributed by atoms with Gasteiger partial charge in [0, 0.05) is 11.5 Å². The van der Waals surface area contributed by atoms with Crippen LogP contribution in [-0.4, -0.2) is 34.3 Å². The molecule has 0 radical (unpaired) electrons. The molecule has 0 spiro atoms. The number of hydrogen-bond donors (Lipinski definition) is 2. The molecule has 0 amide bonds. The summed E-state index contributed by atoms with van der Waals surface area (Å²) in [6.45, 7) is 6.69. The summed E-state index contributed by atoms with van der Waals surface area (Å²) in [5, 5.41) is 7.18. The molecule has 1 aromatic rings. The Labute approximate surface area is 153 Å². The maximum Gasteiger partial charge on any atom is 0.255 e. The molecule has 2 aliphatic rings. The summed E-state index contributed by atoms with van der Waals surface area (Å²) in [5.74, 6) is 2.39. The number of ether oxygens (including phenoxy) is 1. The number of aromatic nitrogens is 2. The average molecular weight is 435 g/mol. The van der Waals surface area contributed by atoms with Crippen LogP contribution in [0, 0.1) is 0 Å². The van der Waals surface area contributed by atoms with Crippen LogP contribution in [-0.2, 0) is 4.74 Å². The highest BCUT2D eigenvalue weighted by Gasteiger charge is 2.34. The van der Waals surface area contributed by atoms with Gasteiger partial charge >= 0.3 is 0 Å². The van der Waals surface area contributed by atoms with Crippen LogP contribution in [0.25, 0.3) is 0 Å². The molecule has 1 aliphatic carbocycles. The maximum atomic E-state index is 5.95. The molecular weight excluding hydrogens is 409 g/mol. The van der Waals surface area contributed by atoms with Crippen molar-refractivity contribution in [1.82, 2.24) is 15.5 Å². The highest BCUT2D eigenvalue weighted by molar-refractivity contribution is 14.0. The summed E-state index contributed by atoms with van der Waals surface area (Å²) in [4.78, 5) is 8.81. The zero-order valence-corrected chi connectivity index (χ0v) is 16.2. The van der Waals surface area contributed by atoms with Crippen LogP contribution >= 0.6 is 24.0 Å². The molecule has 1 saturated carbocycles. The number of aliphatic imine (C=N–C) groups is 1. The van der Waals surface area contributed by atoms with Gasteiger partial charge in [-0.25, -0.2) is 0 Å². The third-order valence-corrected chi connectivity index (χ3v) is 3.75. The topological polar surface area (TPSA) is 98.6 Å². The molecule has 0 unspecified atom stereocenters. The van der Waals surface area contributed by atoms with Crippen molar-refractivity contribution in [2.75, 3.05) is 6.54 Å². The standard InChI is InChI=1S/C15H25N5O2.HI/c1-15(2,3)19-14(16)17-8-10-6-7-11(21-10)13-18-12(20-22-13)9-4-5-9;/h9-11H,4-8H2,1-3H3,(H3,16,17,19);1H/t10-,11+;/m1./s1. The van der Waals surface area contributed by atoms with Gasteiger partial charge in [0.1, 0.15) is 6.10 Å². The summed E-state index contributed by atoms with van der Waals surface area (Å²) < 4.78 is 11.3. The Morgan fingerprint density at radius 1 is 1.30 bits per heavy atom. The number of guanidine groups is 1. The Hall–Kier alpha value is -0.900. The first-order chi connectivity index (χ1) is 10.4. The summed E-state index contributed by atoms with van der Waals surface area (Å²) in [5.41, 5.74) is 5.78. The van der Waals surface area contributed by atoms with E-state index in [1.54, 1.807) is 0 Å². The van der Waals surface area contributed by atoms with Crippen molar-refractivity contribution < 1.29 is 9.26 Å². The number of hydrogen-bond acceptors (Lipinski definition) is 5. The summed E-state index contributed by atoms with van der Waals surface area (Å²) in [6.07, 6.45) is 4.11. The van der Waals surface area contributed by atoms with Crippen molar-refractivity contribution in [3.8, 4) is 0 Å². The van der Waals surface area contributed by atoms with Crippen LogP contribution in [0.2, 0.25) is 0 Å². The minimum absolute atomic E-state index is 0. The van der Waals surface area contributed by atoms with Gasteiger partial charge in [-0.3, -0.25) is 4.99 Å². The molecule has 3 N–H and O–H groups in total. The second kappa shape index (κ2) is 7.33.